The Morgan fingerprint density at radius 1 is 1.24 bits per heavy atom. The van der Waals surface area contributed by atoms with Crippen LogP contribution in [-0.2, 0) is 11.3 Å². The number of hydrogen-bond donors (Lipinski definition) is 1. The summed E-state index contributed by atoms with van der Waals surface area (Å²) in [5, 5.41) is 10.2. The predicted octanol–water partition coefficient (Wildman–Crippen LogP) is 3.76. The van der Waals surface area contributed by atoms with Crippen molar-refractivity contribution in [2.75, 3.05) is 13.2 Å². The molecule has 5 nitrogen and oxygen atoms in total. The topological polar surface area (TPSA) is 60.7 Å². The molecule has 25 heavy (non-hydrogen) atoms. The zero-order valence-corrected chi connectivity index (χ0v) is 15.8. The zero-order chi connectivity index (χ0) is 18.6. The number of ether oxygens (including phenoxy) is 2. The summed E-state index contributed by atoms with van der Waals surface area (Å²) >= 11 is 6.31. The van der Waals surface area contributed by atoms with E-state index in [9.17, 15) is 9.90 Å². The number of aromatic hydroxyl groups is 1. The molecule has 1 aromatic carbocycles. The quantitative estimate of drug-likeness (QED) is 0.792. The Morgan fingerprint density at radius 2 is 1.96 bits per heavy atom. The first-order valence-corrected chi connectivity index (χ1v) is 8.49. The van der Waals surface area contributed by atoms with Crippen molar-refractivity contribution in [2.45, 2.75) is 39.8 Å². The van der Waals surface area contributed by atoms with E-state index in [0.717, 1.165) is 0 Å². The second-order valence-electron chi connectivity index (χ2n) is 6.83. The van der Waals surface area contributed by atoms with Gasteiger partial charge in [-0.05, 0) is 39.8 Å². The number of halogens is 1. The lowest BCUT2D eigenvalue weighted by Gasteiger charge is -2.20. The fourth-order valence-corrected chi connectivity index (χ4v) is 2.52. The maximum absolute atomic E-state index is 12.1. The van der Waals surface area contributed by atoms with Crippen molar-refractivity contribution in [2.24, 2.45) is 0 Å². The van der Waals surface area contributed by atoms with Crippen LogP contribution in [0.4, 0.5) is 0 Å². The third kappa shape index (κ3) is 5.51. The lowest BCUT2D eigenvalue weighted by atomic mass is 10.2. The number of rotatable bonds is 6. The Bertz CT molecular complexity index is 793. The predicted molar refractivity (Wildman–Crippen MR) is 98.9 cm³/mol. The van der Waals surface area contributed by atoms with Gasteiger partial charge in [0.1, 0.15) is 18.1 Å². The van der Waals surface area contributed by atoms with Crippen molar-refractivity contribution in [3.63, 3.8) is 0 Å². The lowest BCUT2D eigenvalue weighted by molar-refractivity contribution is -0.0164. The fraction of sp³-hybridized carbons (Fsp3) is 0.421. The summed E-state index contributed by atoms with van der Waals surface area (Å²) in [5.74, 6) is 0.596. The molecule has 0 aliphatic rings. The van der Waals surface area contributed by atoms with Gasteiger partial charge >= 0.3 is 0 Å². The van der Waals surface area contributed by atoms with Crippen molar-refractivity contribution in [1.82, 2.24) is 4.57 Å². The summed E-state index contributed by atoms with van der Waals surface area (Å²) in [5.41, 5.74) is 0.807. The van der Waals surface area contributed by atoms with Crippen LogP contribution in [0.15, 0.2) is 35.3 Å². The monoisotopic (exact) mass is 365 g/mol. The van der Waals surface area contributed by atoms with Crippen LogP contribution in [-0.4, -0.2) is 28.5 Å². The second kappa shape index (κ2) is 7.93. The number of aryl methyl sites for hydroxylation is 1. The molecule has 0 saturated carbocycles. The summed E-state index contributed by atoms with van der Waals surface area (Å²) in [6, 6.07) is 6.57. The number of nitrogens with zero attached hydrogens (tertiary/aromatic N) is 1. The van der Waals surface area contributed by atoms with Crippen LogP contribution in [0.3, 0.4) is 0 Å². The summed E-state index contributed by atoms with van der Waals surface area (Å²) in [6.07, 6.45) is 1.60. The molecule has 0 aliphatic heterocycles. The first kappa shape index (κ1) is 19.3. The first-order chi connectivity index (χ1) is 11.7. The van der Waals surface area contributed by atoms with Gasteiger partial charge in [-0.25, -0.2) is 0 Å². The molecule has 1 heterocycles. The molecule has 0 spiro atoms. The van der Waals surface area contributed by atoms with Crippen LogP contribution in [0.1, 0.15) is 31.9 Å². The molecule has 0 bridgehead atoms. The number of pyridine rings is 1. The fourth-order valence-electron chi connectivity index (χ4n) is 2.30. The second-order valence-corrected chi connectivity index (χ2v) is 7.24. The maximum atomic E-state index is 12.1. The highest BCUT2D eigenvalue weighted by atomic mass is 35.5. The largest absolute Gasteiger partial charge is 0.507 e. The molecular formula is C19H24ClNO4. The van der Waals surface area contributed by atoms with Crippen LogP contribution >= 0.6 is 11.6 Å². The highest BCUT2D eigenvalue weighted by molar-refractivity contribution is 6.31. The molecule has 0 atom stereocenters. The Hall–Kier alpha value is -1.98. The van der Waals surface area contributed by atoms with Gasteiger partial charge in [0, 0.05) is 28.4 Å². The molecule has 0 radical (unpaired) electrons. The standard InChI is InChI=1S/C19H24ClNO4/c1-13-11-21(18(23)10-16(13)22)12-14-15(20)6-5-7-17(14)24-8-9-25-19(2,3)4/h5-7,10-11,22H,8-9,12H2,1-4H3. The molecular weight excluding hydrogens is 342 g/mol. The molecule has 0 amide bonds. The summed E-state index contributed by atoms with van der Waals surface area (Å²) in [4.78, 5) is 12.1. The summed E-state index contributed by atoms with van der Waals surface area (Å²) < 4.78 is 12.9. The minimum atomic E-state index is -0.301. The van der Waals surface area contributed by atoms with Gasteiger partial charge in [0.25, 0.3) is 5.56 Å². The number of benzene rings is 1. The molecule has 2 aromatic rings. The van der Waals surface area contributed by atoms with Crippen molar-refractivity contribution in [3.05, 3.63) is 57.0 Å². The van der Waals surface area contributed by atoms with E-state index >= 15 is 0 Å². The molecule has 1 aromatic heterocycles. The lowest BCUT2D eigenvalue weighted by Crippen LogP contribution is -2.23. The van der Waals surface area contributed by atoms with Crippen molar-refractivity contribution >= 4 is 11.6 Å². The van der Waals surface area contributed by atoms with E-state index in [2.05, 4.69) is 0 Å². The Kier molecular flexibility index (Phi) is 6.14. The van der Waals surface area contributed by atoms with Crippen LogP contribution in [0, 0.1) is 6.92 Å². The van der Waals surface area contributed by atoms with Crippen molar-refractivity contribution in [1.29, 1.82) is 0 Å². The summed E-state index contributed by atoms with van der Waals surface area (Å²) in [6.45, 7) is 8.78. The molecule has 0 saturated heterocycles. The zero-order valence-electron chi connectivity index (χ0n) is 15.0. The van der Waals surface area contributed by atoms with E-state index < -0.39 is 0 Å². The van der Waals surface area contributed by atoms with Gasteiger partial charge in [-0.15, -0.1) is 0 Å². The third-order valence-electron chi connectivity index (χ3n) is 3.58. The van der Waals surface area contributed by atoms with E-state index in [-0.39, 0.29) is 23.5 Å². The Labute approximate surface area is 152 Å². The Morgan fingerprint density at radius 3 is 2.64 bits per heavy atom. The van der Waals surface area contributed by atoms with E-state index in [1.54, 1.807) is 25.3 Å². The average molecular weight is 366 g/mol. The number of aromatic nitrogens is 1. The van der Waals surface area contributed by atoms with E-state index in [0.29, 0.717) is 35.1 Å². The van der Waals surface area contributed by atoms with Crippen molar-refractivity contribution in [3.8, 4) is 11.5 Å². The van der Waals surface area contributed by atoms with E-state index in [1.165, 1.54) is 10.6 Å². The third-order valence-corrected chi connectivity index (χ3v) is 3.93. The van der Waals surface area contributed by atoms with Crippen molar-refractivity contribution < 1.29 is 14.6 Å². The molecule has 6 heteroatoms. The van der Waals surface area contributed by atoms with Crippen LogP contribution in [0.2, 0.25) is 5.02 Å². The molecule has 136 valence electrons. The molecule has 1 N–H and O–H groups in total. The first-order valence-electron chi connectivity index (χ1n) is 8.11. The minimum absolute atomic E-state index is 0.0174. The van der Waals surface area contributed by atoms with Crippen LogP contribution in [0.25, 0.3) is 0 Å². The van der Waals surface area contributed by atoms with Crippen LogP contribution in [0.5, 0.6) is 11.5 Å². The van der Waals surface area contributed by atoms with E-state index in [1.807, 2.05) is 26.8 Å². The molecule has 0 unspecified atom stereocenters. The normalized spacial score (nSPS) is 11.6. The summed E-state index contributed by atoms with van der Waals surface area (Å²) in [7, 11) is 0. The van der Waals surface area contributed by atoms with Gasteiger partial charge in [0.2, 0.25) is 0 Å². The molecule has 0 aliphatic carbocycles. The van der Waals surface area contributed by atoms with Gasteiger partial charge in [-0.3, -0.25) is 4.79 Å². The molecule has 2 rings (SSSR count). The SMILES string of the molecule is Cc1cn(Cc2c(Cl)cccc2OCCOC(C)(C)C)c(=O)cc1O. The highest BCUT2D eigenvalue weighted by Crippen LogP contribution is 2.27. The molecule has 0 fully saturated rings. The van der Waals surface area contributed by atoms with E-state index in [4.69, 9.17) is 21.1 Å². The van der Waals surface area contributed by atoms with Gasteiger partial charge in [-0.1, -0.05) is 17.7 Å². The Balaban J connectivity index is 2.18. The minimum Gasteiger partial charge on any atom is -0.507 e. The van der Waals surface area contributed by atoms with Gasteiger partial charge in [0.05, 0.1) is 18.8 Å². The average Bonchev–Trinajstić information content (AvgIpc) is 2.50. The van der Waals surface area contributed by atoms with Gasteiger partial charge in [0.15, 0.2) is 0 Å². The van der Waals surface area contributed by atoms with Gasteiger partial charge in [-0.2, -0.15) is 0 Å². The number of hydrogen-bond acceptors (Lipinski definition) is 4. The smallest absolute Gasteiger partial charge is 0.254 e. The highest BCUT2D eigenvalue weighted by Gasteiger charge is 2.13. The van der Waals surface area contributed by atoms with Crippen LogP contribution < -0.4 is 10.3 Å². The maximum Gasteiger partial charge on any atom is 0.254 e. The van der Waals surface area contributed by atoms with Gasteiger partial charge < -0.3 is 19.1 Å².